The van der Waals surface area contributed by atoms with Gasteiger partial charge in [0.2, 0.25) is 0 Å². The molecule has 11 nitrogen and oxygen atoms in total. The van der Waals surface area contributed by atoms with Gasteiger partial charge in [-0.1, -0.05) is 0 Å². The van der Waals surface area contributed by atoms with E-state index >= 15 is 0 Å². The first-order chi connectivity index (χ1) is 17.6. The summed E-state index contributed by atoms with van der Waals surface area (Å²) in [4.78, 5) is 25.0. The first-order valence-electron chi connectivity index (χ1n) is 12.4. The van der Waals surface area contributed by atoms with E-state index in [-0.39, 0.29) is 11.9 Å². The molecule has 2 atom stereocenters. The maximum absolute atomic E-state index is 13.0. The number of pyridine rings is 1. The molecule has 4 aromatic rings. The van der Waals surface area contributed by atoms with Crippen molar-refractivity contribution in [2.24, 2.45) is 0 Å². The Hall–Kier alpha value is -3.54. The quantitative estimate of drug-likeness (QED) is 0.355. The smallest absolute Gasteiger partial charge is 0.257 e. The Kier molecular flexibility index (Phi) is 6.04. The zero-order chi connectivity index (χ0) is 24.6. The number of aromatic nitrogens is 5. The fourth-order valence-electron chi connectivity index (χ4n) is 4.91. The van der Waals surface area contributed by atoms with Crippen molar-refractivity contribution >= 4 is 28.4 Å². The third kappa shape index (κ3) is 4.08. The number of amides is 1. The molecule has 2 fully saturated rings. The molecule has 0 spiro atoms. The highest BCUT2D eigenvalue weighted by Gasteiger charge is 2.31. The molecule has 0 aromatic carbocycles. The lowest BCUT2D eigenvalue weighted by atomic mass is 9.89. The van der Waals surface area contributed by atoms with E-state index in [2.05, 4.69) is 42.4 Å². The number of morpholine rings is 1. The van der Waals surface area contributed by atoms with Crippen LogP contribution in [-0.2, 0) is 11.3 Å². The average Bonchev–Trinajstić information content (AvgIpc) is 3.51. The molecule has 5 heterocycles. The topological polar surface area (TPSA) is 122 Å². The predicted molar refractivity (Wildman–Crippen MR) is 135 cm³/mol. The number of carbonyl (C=O) groups excluding carboxylic acids is 1. The second kappa shape index (κ2) is 9.49. The monoisotopic (exact) mass is 490 g/mol. The number of hydrogen-bond acceptors (Lipinski definition) is 8. The van der Waals surface area contributed by atoms with Gasteiger partial charge in [-0.15, -0.1) is 0 Å². The number of nitrogens with one attached hydrogen (secondary N) is 2. The van der Waals surface area contributed by atoms with Crippen LogP contribution in [0.3, 0.4) is 0 Å². The van der Waals surface area contributed by atoms with Crippen molar-refractivity contribution < 1.29 is 14.6 Å². The van der Waals surface area contributed by atoms with Crippen LogP contribution in [0.15, 0.2) is 36.8 Å². The lowest BCUT2D eigenvalue weighted by molar-refractivity contribution is 0.0365. The number of aliphatic hydroxyl groups is 1. The van der Waals surface area contributed by atoms with Crippen LogP contribution < -0.4 is 10.6 Å². The van der Waals surface area contributed by atoms with Crippen LogP contribution in [0.2, 0.25) is 0 Å². The third-order valence-electron chi connectivity index (χ3n) is 7.20. The standard InChI is InChI=1S/C25H30N8O3/c1-26-22-13-20(29-24-17(14-28-33(22)24)25(35)30-19-4-5-21(19)34)18-15-32(23-16(18)3-2-6-27-23)8-7-31-9-11-36-12-10-31/h2-3,6,13-15,19,21,26,34H,4-5,7-12H2,1H3,(H,30,35)/t19?,21-/m0/s1. The minimum Gasteiger partial charge on any atom is -0.391 e. The van der Waals surface area contributed by atoms with Gasteiger partial charge in [0.05, 0.1) is 37.3 Å². The molecule has 188 valence electrons. The molecule has 6 rings (SSSR count). The van der Waals surface area contributed by atoms with E-state index in [9.17, 15) is 9.90 Å². The Bertz CT molecular complexity index is 1410. The first-order valence-corrected chi connectivity index (χ1v) is 12.4. The summed E-state index contributed by atoms with van der Waals surface area (Å²) in [6.45, 7) is 5.14. The number of ether oxygens (including phenoxy) is 1. The highest BCUT2D eigenvalue weighted by molar-refractivity contribution is 6.01. The van der Waals surface area contributed by atoms with E-state index in [0.29, 0.717) is 17.6 Å². The van der Waals surface area contributed by atoms with Gasteiger partial charge in [0, 0.05) is 62.6 Å². The van der Waals surface area contributed by atoms with E-state index in [4.69, 9.17) is 9.72 Å². The average molecular weight is 491 g/mol. The largest absolute Gasteiger partial charge is 0.391 e. The highest BCUT2D eigenvalue weighted by Crippen LogP contribution is 2.31. The minimum absolute atomic E-state index is 0.227. The molecule has 4 aromatic heterocycles. The molecule has 2 aliphatic rings. The van der Waals surface area contributed by atoms with Gasteiger partial charge in [-0.25, -0.2) is 9.97 Å². The van der Waals surface area contributed by atoms with Crippen molar-refractivity contribution in [2.75, 3.05) is 45.2 Å². The van der Waals surface area contributed by atoms with E-state index in [1.807, 2.05) is 19.2 Å². The van der Waals surface area contributed by atoms with Gasteiger partial charge in [-0.05, 0) is 25.0 Å². The van der Waals surface area contributed by atoms with Crippen molar-refractivity contribution in [1.82, 2.24) is 34.4 Å². The molecule has 1 saturated carbocycles. The number of aliphatic hydroxyl groups excluding tert-OH is 1. The zero-order valence-electron chi connectivity index (χ0n) is 20.2. The van der Waals surface area contributed by atoms with Gasteiger partial charge < -0.3 is 25.0 Å². The minimum atomic E-state index is -0.497. The molecule has 36 heavy (non-hydrogen) atoms. The Morgan fingerprint density at radius 2 is 2.08 bits per heavy atom. The first kappa shape index (κ1) is 22.9. The SMILES string of the molecule is CNc1cc(-c2cn(CCN3CCOCC3)c3ncccc23)nc2c(C(=O)NC3CC[C@@H]3O)cnn12. The summed E-state index contributed by atoms with van der Waals surface area (Å²) in [6.07, 6.45) is 6.40. The van der Waals surface area contributed by atoms with Gasteiger partial charge in [0.25, 0.3) is 5.91 Å². The third-order valence-corrected chi connectivity index (χ3v) is 7.20. The van der Waals surface area contributed by atoms with Gasteiger partial charge >= 0.3 is 0 Å². The van der Waals surface area contributed by atoms with Crippen LogP contribution in [0.25, 0.3) is 27.9 Å². The molecule has 1 unspecified atom stereocenters. The number of fused-ring (bicyclic) bond motifs is 2. The van der Waals surface area contributed by atoms with Gasteiger partial charge in [-0.3, -0.25) is 9.69 Å². The normalized spacial score (nSPS) is 20.5. The molecule has 3 N–H and O–H groups in total. The summed E-state index contributed by atoms with van der Waals surface area (Å²) in [7, 11) is 1.82. The second-order valence-corrected chi connectivity index (χ2v) is 9.36. The molecular weight excluding hydrogens is 460 g/mol. The van der Waals surface area contributed by atoms with Crippen LogP contribution >= 0.6 is 0 Å². The highest BCUT2D eigenvalue weighted by atomic mass is 16.5. The van der Waals surface area contributed by atoms with Crippen LogP contribution in [0.4, 0.5) is 5.82 Å². The lowest BCUT2D eigenvalue weighted by Crippen LogP contribution is -2.50. The molecule has 1 aliphatic carbocycles. The van der Waals surface area contributed by atoms with Crippen LogP contribution in [0, 0.1) is 0 Å². The summed E-state index contributed by atoms with van der Waals surface area (Å²) in [5.74, 6) is 0.436. The number of rotatable bonds is 7. The maximum atomic E-state index is 13.0. The summed E-state index contributed by atoms with van der Waals surface area (Å²) in [5.41, 5.74) is 3.41. The molecular formula is C25H30N8O3. The van der Waals surface area contributed by atoms with Crippen LogP contribution in [0.5, 0.6) is 0 Å². The van der Waals surface area contributed by atoms with E-state index in [1.54, 1.807) is 10.7 Å². The predicted octanol–water partition coefficient (Wildman–Crippen LogP) is 1.37. The Balaban J connectivity index is 1.37. The second-order valence-electron chi connectivity index (χ2n) is 9.36. The molecule has 1 saturated heterocycles. The summed E-state index contributed by atoms with van der Waals surface area (Å²) in [5, 5.41) is 21.4. The molecule has 0 radical (unpaired) electrons. The molecule has 0 bridgehead atoms. The van der Waals surface area contributed by atoms with Crippen molar-refractivity contribution in [3.63, 3.8) is 0 Å². The van der Waals surface area contributed by atoms with Crippen molar-refractivity contribution in [3.8, 4) is 11.3 Å². The number of hydrogen-bond donors (Lipinski definition) is 3. The Morgan fingerprint density at radius 1 is 1.22 bits per heavy atom. The Morgan fingerprint density at radius 3 is 2.83 bits per heavy atom. The van der Waals surface area contributed by atoms with E-state index in [0.717, 1.165) is 73.9 Å². The number of nitrogens with zero attached hydrogens (tertiary/aromatic N) is 6. The Labute approximate surface area is 208 Å². The summed E-state index contributed by atoms with van der Waals surface area (Å²) >= 11 is 0. The van der Waals surface area contributed by atoms with Crippen molar-refractivity contribution in [1.29, 1.82) is 0 Å². The molecule has 1 amide bonds. The van der Waals surface area contributed by atoms with E-state index < -0.39 is 6.10 Å². The molecule has 11 heteroatoms. The number of carbonyl (C=O) groups is 1. The zero-order valence-corrected chi connectivity index (χ0v) is 20.2. The van der Waals surface area contributed by atoms with E-state index in [1.165, 1.54) is 6.20 Å². The fraction of sp³-hybridized carbons (Fsp3) is 0.440. The van der Waals surface area contributed by atoms with Gasteiger partial charge in [-0.2, -0.15) is 9.61 Å². The van der Waals surface area contributed by atoms with Gasteiger partial charge in [0.1, 0.15) is 17.0 Å². The molecule has 1 aliphatic heterocycles. The van der Waals surface area contributed by atoms with Crippen LogP contribution in [0.1, 0.15) is 23.2 Å². The van der Waals surface area contributed by atoms with Crippen molar-refractivity contribution in [2.45, 2.75) is 31.5 Å². The van der Waals surface area contributed by atoms with Gasteiger partial charge in [0.15, 0.2) is 5.65 Å². The lowest BCUT2D eigenvalue weighted by Gasteiger charge is -2.32. The maximum Gasteiger partial charge on any atom is 0.257 e. The number of anilines is 1. The van der Waals surface area contributed by atoms with Crippen LogP contribution in [-0.4, -0.2) is 92.1 Å². The summed E-state index contributed by atoms with van der Waals surface area (Å²) < 4.78 is 9.28. The summed E-state index contributed by atoms with van der Waals surface area (Å²) in [6, 6.07) is 5.69. The van der Waals surface area contributed by atoms with Crippen molar-refractivity contribution in [3.05, 3.63) is 42.4 Å². The fourth-order valence-corrected chi connectivity index (χ4v) is 4.91.